The van der Waals surface area contributed by atoms with Crippen LogP contribution in [0.3, 0.4) is 0 Å². The first-order chi connectivity index (χ1) is 39.4. The van der Waals surface area contributed by atoms with Crippen molar-refractivity contribution in [1.29, 1.82) is 0 Å². The van der Waals surface area contributed by atoms with Gasteiger partial charge >= 0.3 is 0 Å². The Kier molecular flexibility index (Phi) is 56.6. The number of rotatable bonds is 0. The predicted molar refractivity (Wildman–Crippen MR) is 383 cm³/mol. The van der Waals surface area contributed by atoms with Crippen molar-refractivity contribution in [1.82, 2.24) is 0 Å². The number of fused-ring (bicyclic) bond motifs is 4. The van der Waals surface area contributed by atoms with Crippen LogP contribution in [0.15, 0.2) is 200 Å². The van der Waals surface area contributed by atoms with E-state index in [0.717, 1.165) is 0 Å². The molecule has 0 saturated heterocycles. The molecule has 0 spiro atoms. The average molecular weight is 1090 g/mol. The van der Waals surface area contributed by atoms with Crippen molar-refractivity contribution in [2.45, 2.75) is 201 Å². The summed E-state index contributed by atoms with van der Waals surface area (Å²) in [4.78, 5) is 0. The zero-order valence-corrected chi connectivity index (χ0v) is 57.6. The maximum Gasteiger partial charge on any atom is -0.0148 e. The molecule has 10 aromatic carbocycles. The molecular weight excluding hydrogens is 973 g/mol. The fraction of sp³-hybridized carbons (Fsp3) is 0.358. The smallest absolute Gasteiger partial charge is 0.0148 e. The first kappa shape index (κ1) is 83.1. The molecule has 10 rings (SSSR count). The molecule has 0 aliphatic heterocycles. The molecular formula is C81H120. The second kappa shape index (κ2) is 55.2. The summed E-state index contributed by atoms with van der Waals surface area (Å²) in [5, 5.41) is 10.7. The lowest BCUT2D eigenvalue weighted by molar-refractivity contribution is 1.13. The maximum atomic E-state index is 2.26. The Hall–Kier alpha value is -6.76. The maximum absolute atomic E-state index is 2.26. The summed E-state index contributed by atoms with van der Waals surface area (Å²) in [7, 11) is 0. The van der Waals surface area contributed by atoms with Crippen molar-refractivity contribution >= 4 is 43.1 Å². The highest BCUT2D eigenvalue weighted by molar-refractivity contribution is 6.02. The summed E-state index contributed by atoms with van der Waals surface area (Å²) in [6, 6.07) is 69.6. The SMILES string of the molecule is CC.CC.CC.CC.CC.CC.CC.CC.CC.Cc1c(C)c(C)c(C)c(C)c1C.Cc1c2ccccc2cc2ccccc12.Cc1cccc2ccccc12.Cc1cccc2ccccc12.Cc1ccccc1.Cc1ccccc1. The molecule has 0 heterocycles. The summed E-state index contributed by atoms with van der Waals surface area (Å²) < 4.78 is 0. The van der Waals surface area contributed by atoms with E-state index in [-0.39, 0.29) is 0 Å². The third kappa shape index (κ3) is 31.1. The molecule has 0 fully saturated rings. The van der Waals surface area contributed by atoms with Crippen LogP contribution in [0.4, 0.5) is 0 Å². The third-order valence-corrected chi connectivity index (χ3v) is 12.3. The van der Waals surface area contributed by atoms with E-state index in [1.807, 2.05) is 161 Å². The Balaban J connectivity index is -0.000000273. The van der Waals surface area contributed by atoms with Crippen LogP contribution in [0.25, 0.3) is 43.1 Å². The van der Waals surface area contributed by atoms with E-state index in [9.17, 15) is 0 Å². The molecule has 10 aromatic rings. The van der Waals surface area contributed by atoms with Crippen molar-refractivity contribution in [2.24, 2.45) is 0 Å². The molecule has 0 bridgehead atoms. The van der Waals surface area contributed by atoms with Gasteiger partial charge in [0, 0.05) is 0 Å². The van der Waals surface area contributed by atoms with Crippen LogP contribution in [0.1, 0.15) is 186 Å². The molecule has 0 aliphatic rings. The zero-order valence-electron chi connectivity index (χ0n) is 57.6. The lowest BCUT2D eigenvalue weighted by Gasteiger charge is -2.15. The minimum absolute atomic E-state index is 1.32. The summed E-state index contributed by atoms with van der Waals surface area (Å²) in [5.74, 6) is 0. The average Bonchev–Trinajstić information content (AvgIpc) is 3.57. The second-order valence-corrected chi connectivity index (χ2v) is 16.6. The topological polar surface area (TPSA) is 0 Å². The van der Waals surface area contributed by atoms with Crippen molar-refractivity contribution in [3.63, 3.8) is 0 Å². The number of hydrogen-bond donors (Lipinski definition) is 0. The quantitative estimate of drug-likeness (QED) is 0.133. The Morgan fingerprint density at radius 1 is 0.160 bits per heavy atom. The zero-order chi connectivity index (χ0) is 63.3. The van der Waals surface area contributed by atoms with Crippen molar-refractivity contribution in [3.05, 3.63) is 261 Å². The van der Waals surface area contributed by atoms with Crippen molar-refractivity contribution in [3.8, 4) is 0 Å². The van der Waals surface area contributed by atoms with Gasteiger partial charge in [-0.25, -0.2) is 0 Å². The van der Waals surface area contributed by atoms with Crippen molar-refractivity contribution in [2.75, 3.05) is 0 Å². The van der Waals surface area contributed by atoms with E-state index in [2.05, 4.69) is 240 Å². The van der Waals surface area contributed by atoms with Crippen LogP contribution in [0, 0.1) is 76.2 Å². The first-order valence-electron chi connectivity index (χ1n) is 31.2. The highest BCUT2D eigenvalue weighted by atomic mass is 14.1. The summed E-state index contributed by atoms with van der Waals surface area (Å²) in [6.45, 7) is 59.9. The monoisotopic (exact) mass is 1090 g/mol. The summed E-state index contributed by atoms with van der Waals surface area (Å²) in [6.07, 6.45) is 0. The van der Waals surface area contributed by atoms with Gasteiger partial charge in [0.05, 0.1) is 0 Å². The van der Waals surface area contributed by atoms with Gasteiger partial charge in [0.15, 0.2) is 0 Å². The lowest BCUT2D eigenvalue weighted by Crippen LogP contribution is -1.98. The normalized spacial score (nSPS) is 8.56. The first-order valence-corrected chi connectivity index (χ1v) is 31.2. The Labute approximate surface area is 502 Å². The van der Waals surface area contributed by atoms with Gasteiger partial charge in [0.1, 0.15) is 0 Å². The molecule has 0 atom stereocenters. The van der Waals surface area contributed by atoms with Crippen molar-refractivity contribution < 1.29 is 0 Å². The van der Waals surface area contributed by atoms with Crippen LogP contribution in [0.2, 0.25) is 0 Å². The fourth-order valence-electron chi connectivity index (χ4n) is 7.77. The number of hydrogen-bond acceptors (Lipinski definition) is 0. The fourth-order valence-corrected chi connectivity index (χ4v) is 7.77. The molecule has 0 heteroatoms. The second-order valence-electron chi connectivity index (χ2n) is 16.6. The molecule has 81 heavy (non-hydrogen) atoms. The van der Waals surface area contributed by atoms with E-state index in [4.69, 9.17) is 0 Å². The molecule has 0 nitrogen and oxygen atoms in total. The highest BCUT2D eigenvalue weighted by Gasteiger charge is 2.08. The summed E-state index contributed by atoms with van der Waals surface area (Å²) in [5.41, 5.74) is 15.4. The predicted octanol–water partition coefficient (Wildman–Crippen LogP) is 27.4. The Bertz CT molecular complexity index is 2700. The largest absolute Gasteiger partial charge is 0.0683 e. The van der Waals surface area contributed by atoms with E-state index in [1.165, 1.54) is 104 Å². The van der Waals surface area contributed by atoms with E-state index < -0.39 is 0 Å². The standard InChI is InChI=1S/C15H12.C12H18.2C11H10.2C7H8.9C2H6/c1-11-14-8-4-2-6-12(14)10-13-7-3-5-9-15(11)13;1-7-8(2)10(4)12(6)11(5)9(7)3;2*1-9-5-4-7-10-6-2-3-8-11(9)10;2*1-7-5-3-2-4-6-7;9*1-2/h2-10H,1H3;1-6H3;2*2-8H,1H3;2*2-6H,1H3;9*1-2H3. The summed E-state index contributed by atoms with van der Waals surface area (Å²) >= 11 is 0. The van der Waals surface area contributed by atoms with E-state index >= 15 is 0 Å². The van der Waals surface area contributed by atoms with Crippen LogP contribution >= 0.6 is 0 Å². The molecule has 0 aromatic heterocycles. The molecule has 0 unspecified atom stereocenters. The van der Waals surface area contributed by atoms with Gasteiger partial charge < -0.3 is 0 Å². The molecule has 0 N–H and O–H groups in total. The van der Waals surface area contributed by atoms with E-state index in [1.54, 1.807) is 0 Å². The Morgan fingerprint density at radius 2 is 0.358 bits per heavy atom. The molecule has 0 aliphatic carbocycles. The molecule has 444 valence electrons. The minimum Gasteiger partial charge on any atom is -0.0683 e. The van der Waals surface area contributed by atoms with Gasteiger partial charge in [-0.2, -0.15) is 0 Å². The molecule has 0 radical (unpaired) electrons. The minimum atomic E-state index is 1.32. The molecule has 0 saturated carbocycles. The molecule has 0 amide bonds. The van der Waals surface area contributed by atoms with Gasteiger partial charge in [-0.3, -0.25) is 0 Å². The number of aryl methyl sites for hydroxylation is 5. The third-order valence-electron chi connectivity index (χ3n) is 12.3. The number of benzene rings is 10. The highest BCUT2D eigenvalue weighted by Crippen LogP contribution is 2.28. The van der Waals surface area contributed by atoms with Gasteiger partial charge in [-0.05, 0) is 175 Å². The van der Waals surface area contributed by atoms with Gasteiger partial charge in [-0.15, -0.1) is 0 Å². The van der Waals surface area contributed by atoms with Gasteiger partial charge in [-0.1, -0.05) is 330 Å². The van der Waals surface area contributed by atoms with Crippen LogP contribution < -0.4 is 0 Å². The lowest BCUT2D eigenvalue weighted by atomic mass is 9.90. The van der Waals surface area contributed by atoms with E-state index in [0.29, 0.717) is 0 Å². The van der Waals surface area contributed by atoms with Gasteiger partial charge in [0.25, 0.3) is 0 Å². The Morgan fingerprint density at radius 3 is 0.580 bits per heavy atom. The van der Waals surface area contributed by atoms with Crippen LogP contribution in [-0.2, 0) is 0 Å². The van der Waals surface area contributed by atoms with Crippen LogP contribution in [0.5, 0.6) is 0 Å². The van der Waals surface area contributed by atoms with Crippen LogP contribution in [-0.4, -0.2) is 0 Å². The van der Waals surface area contributed by atoms with Gasteiger partial charge in [0.2, 0.25) is 0 Å².